The third kappa shape index (κ3) is 2.78. The van der Waals surface area contributed by atoms with Gasteiger partial charge in [0.2, 0.25) is 5.91 Å². The van der Waals surface area contributed by atoms with Crippen molar-refractivity contribution in [1.29, 1.82) is 5.26 Å². The number of carbonyl (C=O) groups is 1. The molecule has 1 amide bonds. The zero-order valence-corrected chi connectivity index (χ0v) is 14.0. The Morgan fingerprint density at radius 3 is 2.35 bits per heavy atom. The molecule has 0 aromatic rings. The lowest BCUT2D eigenvalue weighted by atomic mass is 9.52. The molecule has 1 atom stereocenters. The molecule has 5 rings (SSSR count). The maximum absolute atomic E-state index is 13.3. The molecule has 4 aliphatic carbocycles. The Morgan fingerprint density at radius 1 is 1.17 bits per heavy atom. The van der Waals surface area contributed by atoms with Crippen molar-refractivity contribution in [1.82, 2.24) is 4.90 Å². The van der Waals surface area contributed by atoms with Crippen LogP contribution in [0.2, 0.25) is 0 Å². The maximum Gasteiger partial charge on any atom is 0.228 e. The Labute approximate surface area is 139 Å². The predicted octanol–water partition coefficient (Wildman–Crippen LogP) is 3.12. The smallest absolute Gasteiger partial charge is 0.228 e. The number of hydrogen-bond donors (Lipinski definition) is 0. The normalized spacial score (nSPS) is 41.5. The molecule has 0 N–H and O–H groups in total. The minimum atomic E-state index is 0.0236. The van der Waals surface area contributed by atoms with Gasteiger partial charge in [0.15, 0.2) is 0 Å². The number of carbonyl (C=O) groups excluding carboxylic acids is 1. The van der Waals surface area contributed by atoms with Crippen LogP contribution in [0.3, 0.4) is 0 Å². The van der Waals surface area contributed by atoms with E-state index in [9.17, 15) is 4.79 Å². The van der Waals surface area contributed by atoms with E-state index in [1.54, 1.807) is 0 Å². The second kappa shape index (κ2) is 6.09. The molecular weight excluding hydrogens is 288 g/mol. The van der Waals surface area contributed by atoms with Crippen molar-refractivity contribution in [3.63, 3.8) is 0 Å². The van der Waals surface area contributed by atoms with Gasteiger partial charge in [0.1, 0.15) is 0 Å². The lowest BCUT2D eigenvalue weighted by Gasteiger charge is -2.60. The summed E-state index contributed by atoms with van der Waals surface area (Å²) in [7, 11) is 0. The molecule has 4 nitrogen and oxygen atoms in total. The molecule has 4 bridgehead atoms. The third-order valence-electron chi connectivity index (χ3n) is 6.80. The quantitative estimate of drug-likeness (QED) is 0.800. The summed E-state index contributed by atoms with van der Waals surface area (Å²) in [6.07, 6.45) is 10.1. The lowest BCUT2D eigenvalue weighted by molar-refractivity contribution is -0.158. The van der Waals surface area contributed by atoms with Crippen molar-refractivity contribution >= 4 is 5.91 Å². The van der Waals surface area contributed by atoms with Crippen molar-refractivity contribution in [2.45, 2.75) is 63.3 Å². The number of amides is 1. The van der Waals surface area contributed by atoms with Crippen LogP contribution in [0.1, 0.15) is 57.8 Å². The molecule has 5 fully saturated rings. The van der Waals surface area contributed by atoms with Gasteiger partial charge in [-0.15, -0.1) is 0 Å². The van der Waals surface area contributed by atoms with Gasteiger partial charge in [0, 0.05) is 18.7 Å². The van der Waals surface area contributed by atoms with E-state index in [2.05, 4.69) is 11.0 Å². The highest BCUT2D eigenvalue weighted by Gasteiger charge is 2.55. The standard InChI is InChI=1S/C19H28N2O2/c20-4-2-5-21(18(22)17-3-1-6-23-13-17)19-10-14-7-15(11-19)9-16(8-14)12-19/h14-17H,1-3,5-13H2/t14?,15?,16?,17-,19?/m0/s1. The van der Waals surface area contributed by atoms with Crippen LogP contribution in [0.15, 0.2) is 0 Å². The fourth-order valence-electron chi connectivity index (χ4n) is 6.29. The van der Waals surface area contributed by atoms with E-state index in [1.807, 2.05) is 0 Å². The molecule has 1 heterocycles. The summed E-state index contributed by atoms with van der Waals surface area (Å²) in [6, 6.07) is 2.26. The molecule has 0 aromatic heterocycles. The van der Waals surface area contributed by atoms with Gasteiger partial charge in [-0.2, -0.15) is 5.26 Å². The van der Waals surface area contributed by atoms with Crippen LogP contribution in [0.25, 0.3) is 0 Å². The van der Waals surface area contributed by atoms with Crippen molar-refractivity contribution in [2.75, 3.05) is 19.8 Å². The van der Waals surface area contributed by atoms with Gasteiger partial charge in [-0.25, -0.2) is 0 Å². The zero-order chi connectivity index (χ0) is 15.9. The molecule has 5 aliphatic rings. The average Bonchev–Trinajstić information content (AvgIpc) is 2.54. The van der Waals surface area contributed by atoms with Crippen LogP contribution in [-0.4, -0.2) is 36.1 Å². The number of nitriles is 1. The van der Waals surface area contributed by atoms with Gasteiger partial charge in [-0.1, -0.05) is 0 Å². The van der Waals surface area contributed by atoms with E-state index >= 15 is 0 Å². The summed E-state index contributed by atoms with van der Waals surface area (Å²) in [5, 5.41) is 9.08. The summed E-state index contributed by atoms with van der Waals surface area (Å²) < 4.78 is 5.56. The van der Waals surface area contributed by atoms with Crippen molar-refractivity contribution in [3.8, 4) is 6.07 Å². The topological polar surface area (TPSA) is 53.3 Å². The minimum Gasteiger partial charge on any atom is -0.381 e. The van der Waals surface area contributed by atoms with Crippen molar-refractivity contribution < 1.29 is 9.53 Å². The molecule has 4 saturated carbocycles. The molecule has 1 aliphatic heterocycles. The Hall–Kier alpha value is -1.08. The summed E-state index contributed by atoms with van der Waals surface area (Å²) in [5.41, 5.74) is 0.0696. The number of ether oxygens (including phenoxy) is 1. The molecule has 0 radical (unpaired) electrons. The largest absolute Gasteiger partial charge is 0.381 e. The van der Waals surface area contributed by atoms with Gasteiger partial charge in [-0.05, 0) is 69.1 Å². The highest BCUT2D eigenvalue weighted by Crippen LogP contribution is 2.58. The molecule has 0 aromatic carbocycles. The SMILES string of the molecule is N#CCCN(C(=O)[C@H]1CCCOC1)C12CC3CC(CC(C3)C1)C2. The van der Waals surface area contributed by atoms with Crippen LogP contribution >= 0.6 is 0 Å². The Kier molecular flexibility index (Phi) is 4.09. The average molecular weight is 316 g/mol. The monoisotopic (exact) mass is 316 g/mol. The first-order chi connectivity index (χ1) is 11.2. The van der Waals surface area contributed by atoms with Gasteiger partial charge >= 0.3 is 0 Å². The Morgan fingerprint density at radius 2 is 1.83 bits per heavy atom. The lowest BCUT2D eigenvalue weighted by Crippen LogP contribution is -2.63. The van der Waals surface area contributed by atoms with Crippen molar-refractivity contribution in [2.24, 2.45) is 23.7 Å². The molecular formula is C19H28N2O2. The van der Waals surface area contributed by atoms with Gasteiger partial charge < -0.3 is 9.64 Å². The van der Waals surface area contributed by atoms with E-state index in [4.69, 9.17) is 10.00 Å². The Bertz CT molecular complexity index is 469. The minimum absolute atomic E-state index is 0.0236. The van der Waals surface area contributed by atoms with Gasteiger partial charge in [-0.3, -0.25) is 4.79 Å². The first-order valence-electron chi connectivity index (χ1n) is 9.46. The van der Waals surface area contributed by atoms with E-state index in [-0.39, 0.29) is 17.4 Å². The first kappa shape index (κ1) is 15.4. The zero-order valence-electron chi connectivity index (χ0n) is 14.0. The second-order valence-electron chi connectivity index (χ2n) is 8.45. The summed E-state index contributed by atoms with van der Waals surface area (Å²) in [4.78, 5) is 15.4. The third-order valence-corrected chi connectivity index (χ3v) is 6.80. The Balaban J connectivity index is 1.57. The number of nitrogens with zero attached hydrogens (tertiary/aromatic N) is 2. The summed E-state index contributed by atoms with van der Waals surface area (Å²) >= 11 is 0. The fraction of sp³-hybridized carbons (Fsp3) is 0.895. The molecule has 1 saturated heterocycles. The van der Waals surface area contributed by atoms with Crippen molar-refractivity contribution in [3.05, 3.63) is 0 Å². The molecule has 126 valence electrons. The molecule has 0 spiro atoms. The van der Waals surface area contributed by atoms with Gasteiger partial charge in [0.25, 0.3) is 0 Å². The second-order valence-corrected chi connectivity index (χ2v) is 8.45. The van der Waals surface area contributed by atoms with E-state index in [0.29, 0.717) is 19.6 Å². The van der Waals surface area contributed by atoms with E-state index in [1.165, 1.54) is 38.5 Å². The van der Waals surface area contributed by atoms with Crippen LogP contribution in [-0.2, 0) is 9.53 Å². The van der Waals surface area contributed by atoms with Crippen LogP contribution in [0.4, 0.5) is 0 Å². The van der Waals surface area contributed by atoms with Crippen LogP contribution in [0, 0.1) is 35.0 Å². The van der Waals surface area contributed by atoms with Crippen LogP contribution in [0.5, 0.6) is 0 Å². The molecule has 23 heavy (non-hydrogen) atoms. The number of hydrogen-bond acceptors (Lipinski definition) is 3. The molecule has 0 unspecified atom stereocenters. The van der Waals surface area contributed by atoms with E-state index in [0.717, 1.165) is 37.2 Å². The van der Waals surface area contributed by atoms with Gasteiger partial charge in [0.05, 0.1) is 25.0 Å². The summed E-state index contributed by atoms with van der Waals surface area (Å²) in [5.74, 6) is 2.76. The van der Waals surface area contributed by atoms with E-state index < -0.39 is 0 Å². The highest BCUT2D eigenvalue weighted by atomic mass is 16.5. The maximum atomic E-state index is 13.3. The molecule has 4 heteroatoms. The highest BCUT2D eigenvalue weighted by molar-refractivity contribution is 5.80. The number of rotatable bonds is 4. The first-order valence-corrected chi connectivity index (χ1v) is 9.46. The fourth-order valence-corrected chi connectivity index (χ4v) is 6.29. The van der Waals surface area contributed by atoms with Crippen LogP contribution < -0.4 is 0 Å². The predicted molar refractivity (Wildman–Crippen MR) is 86.4 cm³/mol. The summed E-state index contributed by atoms with van der Waals surface area (Å²) in [6.45, 7) is 1.99.